The summed E-state index contributed by atoms with van der Waals surface area (Å²) in [6, 6.07) is 6.48. The highest BCUT2D eigenvalue weighted by Crippen LogP contribution is 2.21. The average Bonchev–Trinajstić information content (AvgIpc) is 2.44. The number of primary amides is 1. The minimum atomic E-state index is -0.478. The summed E-state index contributed by atoms with van der Waals surface area (Å²) < 4.78 is 5.48. The van der Waals surface area contributed by atoms with Crippen LogP contribution in [0.25, 0.3) is 0 Å². The maximum Gasteiger partial charge on any atom is 0.260 e. The van der Waals surface area contributed by atoms with Crippen molar-refractivity contribution in [1.29, 1.82) is 0 Å². The quantitative estimate of drug-likeness (QED) is 0.916. The van der Waals surface area contributed by atoms with Gasteiger partial charge in [-0.3, -0.25) is 9.59 Å². The van der Waals surface area contributed by atoms with Crippen LogP contribution in [0.4, 0.5) is 0 Å². The van der Waals surface area contributed by atoms with Gasteiger partial charge in [-0.2, -0.15) is 0 Å². The molecule has 0 radical (unpaired) electrons. The zero-order valence-corrected chi connectivity index (χ0v) is 12.5. The van der Waals surface area contributed by atoms with Crippen LogP contribution >= 0.6 is 0 Å². The van der Waals surface area contributed by atoms with Gasteiger partial charge in [-0.05, 0) is 42.5 Å². The first kappa shape index (κ1) is 15.4. The van der Waals surface area contributed by atoms with Crippen LogP contribution < -0.4 is 10.5 Å². The number of likely N-dealkylation sites (tertiary alicyclic amines) is 1. The Morgan fingerprint density at radius 2 is 1.76 bits per heavy atom. The summed E-state index contributed by atoms with van der Waals surface area (Å²) in [7, 11) is 0. The molecule has 2 atom stereocenters. The fourth-order valence-corrected chi connectivity index (χ4v) is 2.82. The average molecular weight is 290 g/mol. The molecule has 1 saturated heterocycles. The molecule has 1 aromatic carbocycles. The van der Waals surface area contributed by atoms with Gasteiger partial charge in [0.1, 0.15) is 5.75 Å². The summed E-state index contributed by atoms with van der Waals surface area (Å²) in [6.07, 6.45) is 1.17. The largest absolute Gasteiger partial charge is 0.484 e. The third kappa shape index (κ3) is 4.21. The van der Waals surface area contributed by atoms with Crippen molar-refractivity contribution in [2.45, 2.75) is 20.3 Å². The van der Waals surface area contributed by atoms with Gasteiger partial charge in [-0.25, -0.2) is 0 Å². The van der Waals surface area contributed by atoms with Crippen molar-refractivity contribution in [1.82, 2.24) is 4.90 Å². The van der Waals surface area contributed by atoms with E-state index in [4.69, 9.17) is 10.5 Å². The van der Waals surface area contributed by atoms with E-state index >= 15 is 0 Å². The third-order valence-electron chi connectivity index (χ3n) is 3.72. The lowest BCUT2D eigenvalue weighted by molar-refractivity contribution is -0.136. The monoisotopic (exact) mass is 290 g/mol. The fourth-order valence-electron chi connectivity index (χ4n) is 2.82. The highest BCUT2D eigenvalue weighted by atomic mass is 16.5. The number of hydrogen-bond donors (Lipinski definition) is 1. The SMILES string of the molecule is CC1CC(C)CN(C(=O)COc2ccc(C(N)=O)cc2)C1. The number of nitrogens with zero attached hydrogens (tertiary/aromatic N) is 1. The molecule has 1 aromatic rings. The van der Waals surface area contributed by atoms with Crippen molar-refractivity contribution in [3.63, 3.8) is 0 Å². The topological polar surface area (TPSA) is 72.6 Å². The Morgan fingerprint density at radius 3 is 2.29 bits per heavy atom. The Balaban J connectivity index is 1.87. The van der Waals surface area contributed by atoms with Gasteiger partial charge in [0.25, 0.3) is 5.91 Å². The summed E-state index contributed by atoms with van der Waals surface area (Å²) in [5.41, 5.74) is 5.59. The van der Waals surface area contributed by atoms with Gasteiger partial charge in [0.2, 0.25) is 5.91 Å². The van der Waals surface area contributed by atoms with E-state index in [1.54, 1.807) is 24.3 Å². The van der Waals surface area contributed by atoms with Gasteiger partial charge in [0.05, 0.1) is 0 Å². The molecule has 0 saturated carbocycles. The molecule has 2 rings (SSSR count). The molecule has 21 heavy (non-hydrogen) atoms. The van der Waals surface area contributed by atoms with Crippen molar-refractivity contribution >= 4 is 11.8 Å². The maximum atomic E-state index is 12.2. The molecule has 1 aliphatic rings. The van der Waals surface area contributed by atoms with Crippen LogP contribution in [0.5, 0.6) is 5.75 Å². The summed E-state index contributed by atoms with van der Waals surface area (Å²) in [5.74, 6) is 1.16. The molecule has 0 bridgehead atoms. The minimum Gasteiger partial charge on any atom is -0.484 e. The smallest absolute Gasteiger partial charge is 0.260 e. The first-order valence-electron chi connectivity index (χ1n) is 7.26. The first-order chi connectivity index (χ1) is 9.95. The Labute approximate surface area is 125 Å². The number of piperidine rings is 1. The van der Waals surface area contributed by atoms with E-state index in [9.17, 15) is 9.59 Å². The Morgan fingerprint density at radius 1 is 1.19 bits per heavy atom. The zero-order chi connectivity index (χ0) is 15.4. The number of carbonyl (C=O) groups is 2. The number of benzene rings is 1. The number of amides is 2. The molecule has 2 amide bonds. The van der Waals surface area contributed by atoms with Crippen LogP contribution in [-0.4, -0.2) is 36.4 Å². The fraction of sp³-hybridized carbons (Fsp3) is 0.500. The maximum absolute atomic E-state index is 12.2. The number of rotatable bonds is 4. The molecule has 5 heteroatoms. The third-order valence-corrected chi connectivity index (χ3v) is 3.72. The predicted octanol–water partition coefficient (Wildman–Crippen LogP) is 1.67. The molecule has 1 heterocycles. The van der Waals surface area contributed by atoms with Crippen molar-refractivity contribution in [3.05, 3.63) is 29.8 Å². The van der Waals surface area contributed by atoms with E-state index in [1.807, 2.05) is 4.90 Å². The van der Waals surface area contributed by atoms with E-state index in [0.717, 1.165) is 13.1 Å². The van der Waals surface area contributed by atoms with Crippen LogP contribution in [0, 0.1) is 11.8 Å². The van der Waals surface area contributed by atoms with Crippen LogP contribution in [0.15, 0.2) is 24.3 Å². The van der Waals surface area contributed by atoms with Crippen molar-refractivity contribution in [2.24, 2.45) is 17.6 Å². The number of nitrogens with two attached hydrogens (primary N) is 1. The second-order valence-corrected chi connectivity index (χ2v) is 5.92. The van der Waals surface area contributed by atoms with Crippen LogP contribution in [0.1, 0.15) is 30.6 Å². The van der Waals surface area contributed by atoms with Crippen molar-refractivity contribution in [3.8, 4) is 5.75 Å². The molecule has 1 fully saturated rings. The molecule has 2 N–H and O–H groups in total. The lowest BCUT2D eigenvalue weighted by Crippen LogP contribution is -2.44. The Bertz CT molecular complexity index is 503. The van der Waals surface area contributed by atoms with E-state index in [-0.39, 0.29) is 12.5 Å². The number of carbonyl (C=O) groups excluding carboxylic acids is 2. The molecular weight excluding hydrogens is 268 g/mol. The molecule has 2 unspecified atom stereocenters. The molecular formula is C16H22N2O3. The van der Waals surface area contributed by atoms with Gasteiger partial charge >= 0.3 is 0 Å². The number of hydrogen-bond acceptors (Lipinski definition) is 3. The normalized spacial score (nSPS) is 21.9. The molecule has 0 aromatic heterocycles. The van der Waals surface area contributed by atoms with E-state index in [1.165, 1.54) is 6.42 Å². The van der Waals surface area contributed by atoms with Gasteiger partial charge < -0.3 is 15.4 Å². The van der Waals surface area contributed by atoms with Gasteiger partial charge in [-0.15, -0.1) is 0 Å². The highest BCUT2D eigenvalue weighted by Gasteiger charge is 2.25. The lowest BCUT2D eigenvalue weighted by atomic mass is 9.92. The van der Waals surface area contributed by atoms with Crippen LogP contribution in [0.3, 0.4) is 0 Å². The molecule has 0 aliphatic carbocycles. The zero-order valence-electron chi connectivity index (χ0n) is 12.5. The van der Waals surface area contributed by atoms with Gasteiger partial charge in [-0.1, -0.05) is 13.8 Å². The molecule has 0 spiro atoms. The Hall–Kier alpha value is -2.04. The molecule has 114 valence electrons. The number of ether oxygens (including phenoxy) is 1. The second kappa shape index (κ2) is 6.61. The predicted molar refractivity (Wildman–Crippen MR) is 80.0 cm³/mol. The second-order valence-electron chi connectivity index (χ2n) is 5.92. The lowest BCUT2D eigenvalue weighted by Gasteiger charge is -2.34. The van der Waals surface area contributed by atoms with Gasteiger partial charge in [0, 0.05) is 18.7 Å². The molecule has 1 aliphatic heterocycles. The van der Waals surface area contributed by atoms with Crippen LogP contribution in [0.2, 0.25) is 0 Å². The van der Waals surface area contributed by atoms with E-state index in [2.05, 4.69) is 13.8 Å². The summed E-state index contributed by atoms with van der Waals surface area (Å²) in [6.45, 7) is 5.95. The standard InChI is InChI=1S/C16H22N2O3/c1-11-7-12(2)9-18(8-11)15(19)10-21-14-5-3-13(4-6-14)16(17)20/h3-6,11-12H,7-10H2,1-2H3,(H2,17,20). The summed E-state index contributed by atoms with van der Waals surface area (Å²) in [4.78, 5) is 25.0. The summed E-state index contributed by atoms with van der Waals surface area (Å²) >= 11 is 0. The van der Waals surface area contributed by atoms with E-state index in [0.29, 0.717) is 23.1 Å². The molecule has 5 nitrogen and oxygen atoms in total. The first-order valence-corrected chi connectivity index (χ1v) is 7.26. The van der Waals surface area contributed by atoms with E-state index < -0.39 is 5.91 Å². The summed E-state index contributed by atoms with van der Waals surface area (Å²) in [5, 5.41) is 0. The van der Waals surface area contributed by atoms with Crippen molar-refractivity contribution < 1.29 is 14.3 Å². The van der Waals surface area contributed by atoms with Crippen molar-refractivity contribution in [2.75, 3.05) is 19.7 Å². The minimum absolute atomic E-state index is 0.00683. The van der Waals surface area contributed by atoms with Gasteiger partial charge in [0.15, 0.2) is 6.61 Å². The Kier molecular flexibility index (Phi) is 4.83. The van der Waals surface area contributed by atoms with Crippen LogP contribution in [-0.2, 0) is 4.79 Å². The highest BCUT2D eigenvalue weighted by molar-refractivity contribution is 5.92.